The molecule has 0 amide bonds. The van der Waals surface area contributed by atoms with Crippen molar-refractivity contribution in [2.45, 2.75) is 4.90 Å². The van der Waals surface area contributed by atoms with E-state index in [0.717, 1.165) is 16.1 Å². The molecular weight excluding hydrogens is 372 g/mol. The van der Waals surface area contributed by atoms with Gasteiger partial charge in [-0.05, 0) is 30.3 Å². The van der Waals surface area contributed by atoms with Gasteiger partial charge in [0.25, 0.3) is 10.0 Å². The molecule has 136 valence electrons. The highest BCUT2D eigenvalue weighted by Gasteiger charge is 2.23. The van der Waals surface area contributed by atoms with Gasteiger partial charge < -0.3 is 5.73 Å². The molecule has 0 aliphatic heterocycles. The number of pyridine rings is 1. The summed E-state index contributed by atoms with van der Waals surface area (Å²) < 4.78 is 54.8. The maximum absolute atomic E-state index is 13.9. The molecular formula is C19H13F2N3O2S. The van der Waals surface area contributed by atoms with E-state index in [1.165, 1.54) is 24.5 Å². The van der Waals surface area contributed by atoms with Crippen LogP contribution in [0.2, 0.25) is 0 Å². The van der Waals surface area contributed by atoms with Crippen LogP contribution in [0.25, 0.3) is 22.0 Å². The minimum absolute atomic E-state index is 0.0320. The average Bonchev–Trinajstić information content (AvgIpc) is 3.02. The van der Waals surface area contributed by atoms with Crippen molar-refractivity contribution in [2.75, 3.05) is 5.73 Å². The summed E-state index contributed by atoms with van der Waals surface area (Å²) in [6.07, 6.45) is 2.78. The zero-order valence-corrected chi connectivity index (χ0v) is 14.6. The van der Waals surface area contributed by atoms with Crippen LogP contribution < -0.4 is 5.73 Å². The molecule has 0 fully saturated rings. The molecule has 0 aliphatic rings. The molecule has 0 unspecified atom stereocenters. The molecule has 0 saturated carbocycles. The number of nitrogens with zero attached hydrogens (tertiary/aromatic N) is 2. The van der Waals surface area contributed by atoms with Gasteiger partial charge in [0.05, 0.1) is 10.4 Å². The Kier molecular flexibility index (Phi) is 3.92. The van der Waals surface area contributed by atoms with Gasteiger partial charge in [-0.3, -0.25) is 0 Å². The number of hydrogen-bond acceptors (Lipinski definition) is 4. The molecule has 2 aromatic carbocycles. The van der Waals surface area contributed by atoms with E-state index in [1.54, 1.807) is 30.3 Å². The van der Waals surface area contributed by atoms with Crippen LogP contribution in [0, 0.1) is 11.6 Å². The van der Waals surface area contributed by atoms with Crippen molar-refractivity contribution < 1.29 is 17.2 Å². The van der Waals surface area contributed by atoms with Gasteiger partial charge in [0, 0.05) is 35.0 Å². The van der Waals surface area contributed by atoms with Crippen molar-refractivity contribution in [3.63, 3.8) is 0 Å². The largest absolute Gasteiger partial charge is 0.384 e. The minimum Gasteiger partial charge on any atom is -0.384 e. The minimum atomic E-state index is -4.01. The molecule has 0 saturated heterocycles. The van der Waals surface area contributed by atoms with Crippen LogP contribution >= 0.6 is 0 Å². The molecule has 4 aromatic rings. The zero-order chi connectivity index (χ0) is 19.2. The first-order valence-corrected chi connectivity index (χ1v) is 9.34. The number of anilines is 1. The summed E-state index contributed by atoms with van der Waals surface area (Å²) in [5.74, 6) is -1.91. The predicted molar refractivity (Wildman–Crippen MR) is 98.5 cm³/mol. The number of aromatic nitrogens is 2. The van der Waals surface area contributed by atoms with Crippen molar-refractivity contribution in [3.05, 3.63) is 78.6 Å². The quantitative estimate of drug-likeness (QED) is 0.582. The fraction of sp³-hybridized carbons (Fsp3) is 0. The van der Waals surface area contributed by atoms with Gasteiger partial charge in [0.15, 0.2) is 11.6 Å². The number of halogens is 2. The van der Waals surface area contributed by atoms with E-state index in [9.17, 15) is 17.2 Å². The lowest BCUT2D eigenvalue weighted by molar-refractivity contribution is 0.510. The second-order valence-corrected chi connectivity index (χ2v) is 7.73. The molecule has 0 bridgehead atoms. The molecule has 2 heterocycles. The first-order chi connectivity index (χ1) is 12.9. The van der Waals surface area contributed by atoms with Crippen LogP contribution in [0.3, 0.4) is 0 Å². The number of hydrogen-bond donors (Lipinski definition) is 1. The normalized spacial score (nSPS) is 11.8. The van der Waals surface area contributed by atoms with Crippen LogP contribution in [0.4, 0.5) is 14.6 Å². The van der Waals surface area contributed by atoms with Crippen molar-refractivity contribution >= 4 is 26.7 Å². The molecule has 0 aliphatic carbocycles. The number of benzene rings is 2. The molecule has 0 atom stereocenters. The first kappa shape index (κ1) is 17.2. The van der Waals surface area contributed by atoms with Gasteiger partial charge in [-0.2, -0.15) is 0 Å². The SMILES string of the molecule is Nc1ccc(-c2cn(S(=O)(=O)c3ccccc3)c3cc(F)c(F)cc23)cn1. The maximum Gasteiger partial charge on any atom is 0.268 e. The molecule has 4 rings (SSSR count). The molecule has 0 radical (unpaired) electrons. The average molecular weight is 385 g/mol. The van der Waals surface area contributed by atoms with E-state index in [1.807, 2.05) is 0 Å². The summed E-state index contributed by atoms with van der Waals surface area (Å²) in [7, 11) is -4.01. The fourth-order valence-electron chi connectivity index (χ4n) is 2.89. The van der Waals surface area contributed by atoms with Gasteiger partial charge in [0.2, 0.25) is 0 Å². The summed E-state index contributed by atoms with van der Waals surface area (Å²) >= 11 is 0. The number of nitrogens with two attached hydrogens (primary N) is 1. The van der Waals surface area contributed by atoms with E-state index in [2.05, 4.69) is 4.98 Å². The molecule has 8 heteroatoms. The predicted octanol–water partition coefficient (Wildman–Crippen LogP) is 3.80. The van der Waals surface area contributed by atoms with Crippen LogP contribution in [-0.2, 0) is 10.0 Å². The third kappa shape index (κ3) is 2.83. The zero-order valence-electron chi connectivity index (χ0n) is 13.8. The van der Waals surface area contributed by atoms with Crippen LogP contribution in [0.15, 0.2) is 71.9 Å². The van der Waals surface area contributed by atoms with Gasteiger partial charge in [-0.15, -0.1) is 0 Å². The molecule has 2 N–H and O–H groups in total. The molecule has 5 nitrogen and oxygen atoms in total. The van der Waals surface area contributed by atoms with Crippen LogP contribution in [0.5, 0.6) is 0 Å². The summed E-state index contributed by atoms with van der Waals surface area (Å²) in [5.41, 5.74) is 6.55. The summed E-state index contributed by atoms with van der Waals surface area (Å²) in [5, 5.41) is 0.250. The second kappa shape index (κ2) is 6.17. The van der Waals surface area contributed by atoms with Gasteiger partial charge in [-0.1, -0.05) is 18.2 Å². The Morgan fingerprint density at radius 3 is 2.33 bits per heavy atom. The van der Waals surface area contributed by atoms with Crippen LogP contribution in [-0.4, -0.2) is 17.4 Å². The Morgan fingerprint density at radius 1 is 0.963 bits per heavy atom. The Bertz CT molecular complexity index is 1250. The van der Waals surface area contributed by atoms with Crippen molar-refractivity contribution in [3.8, 4) is 11.1 Å². The standard InChI is InChI=1S/C19H13F2N3O2S/c20-16-8-14-15(12-6-7-19(22)23-10-12)11-24(18(14)9-17(16)21)27(25,26)13-4-2-1-3-5-13/h1-11H,(H2,22,23). The van der Waals surface area contributed by atoms with Crippen LogP contribution in [0.1, 0.15) is 0 Å². The van der Waals surface area contributed by atoms with E-state index in [4.69, 9.17) is 5.73 Å². The third-order valence-corrected chi connectivity index (χ3v) is 5.90. The summed E-state index contributed by atoms with van der Waals surface area (Å²) in [4.78, 5) is 4.02. The number of nitrogen functional groups attached to an aromatic ring is 1. The third-order valence-electron chi connectivity index (χ3n) is 4.21. The van der Waals surface area contributed by atoms with Crippen molar-refractivity contribution in [1.29, 1.82) is 0 Å². The molecule has 0 spiro atoms. The smallest absolute Gasteiger partial charge is 0.268 e. The summed E-state index contributed by atoms with van der Waals surface area (Å²) in [6, 6.07) is 12.8. The van der Waals surface area contributed by atoms with Gasteiger partial charge in [0.1, 0.15) is 5.82 Å². The lowest BCUT2D eigenvalue weighted by Crippen LogP contribution is -2.11. The second-order valence-electron chi connectivity index (χ2n) is 5.91. The van der Waals surface area contributed by atoms with E-state index >= 15 is 0 Å². The topological polar surface area (TPSA) is 78.0 Å². The molecule has 27 heavy (non-hydrogen) atoms. The lowest BCUT2D eigenvalue weighted by Gasteiger charge is -2.07. The highest BCUT2D eigenvalue weighted by atomic mass is 32.2. The Balaban J connectivity index is 2.05. The highest BCUT2D eigenvalue weighted by molar-refractivity contribution is 7.90. The fourth-order valence-corrected chi connectivity index (χ4v) is 4.27. The Morgan fingerprint density at radius 2 is 1.67 bits per heavy atom. The van der Waals surface area contributed by atoms with Crippen molar-refractivity contribution in [1.82, 2.24) is 8.96 Å². The highest BCUT2D eigenvalue weighted by Crippen LogP contribution is 2.34. The Hall–Kier alpha value is -3.26. The van der Waals surface area contributed by atoms with Gasteiger partial charge in [-0.25, -0.2) is 26.2 Å². The number of rotatable bonds is 3. The van der Waals surface area contributed by atoms with E-state index in [-0.39, 0.29) is 21.6 Å². The van der Waals surface area contributed by atoms with E-state index < -0.39 is 21.7 Å². The summed E-state index contributed by atoms with van der Waals surface area (Å²) in [6.45, 7) is 0. The van der Waals surface area contributed by atoms with E-state index in [0.29, 0.717) is 11.1 Å². The Labute approximate surface area is 153 Å². The van der Waals surface area contributed by atoms with Crippen molar-refractivity contribution in [2.24, 2.45) is 0 Å². The first-order valence-electron chi connectivity index (χ1n) is 7.90. The maximum atomic E-state index is 13.9. The van der Waals surface area contributed by atoms with Gasteiger partial charge >= 0.3 is 0 Å². The lowest BCUT2D eigenvalue weighted by atomic mass is 10.1. The monoisotopic (exact) mass is 385 g/mol. The molecule has 2 aromatic heterocycles. The number of fused-ring (bicyclic) bond motifs is 1.